The average Bonchev–Trinajstić information content (AvgIpc) is 2.52. The molecule has 25 heavy (non-hydrogen) atoms. The summed E-state index contributed by atoms with van der Waals surface area (Å²) in [5.74, 6) is -2.63. The Bertz CT molecular complexity index is 739. The van der Waals surface area contributed by atoms with E-state index in [1.807, 2.05) is 20.8 Å². The summed E-state index contributed by atoms with van der Waals surface area (Å²) in [4.78, 5) is 12.2. The second kappa shape index (κ2) is 7.59. The van der Waals surface area contributed by atoms with Crippen LogP contribution in [-0.4, -0.2) is 12.5 Å². The van der Waals surface area contributed by atoms with Crippen molar-refractivity contribution in [2.75, 3.05) is 6.61 Å². The highest BCUT2D eigenvalue weighted by Crippen LogP contribution is 2.32. The van der Waals surface area contributed by atoms with Crippen LogP contribution in [-0.2, 0) is 4.79 Å². The van der Waals surface area contributed by atoms with E-state index in [4.69, 9.17) is 4.74 Å². The standard InChI is InChI=1S/C19H20F3NO2/c1-19(2,3)18(12-4-6-13(20)7-5-12)23-17(24)11-25-16-9-8-14(21)10-15(16)22/h4-10,18H,11H2,1-3H3,(H,23,24). The van der Waals surface area contributed by atoms with Gasteiger partial charge in [-0.1, -0.05) is 32.9 Å². The second-order valence-electron chi connectivity index (χ2n) is 6.78. The van der Waals surface area contributed by atoms with Crippen molar-refractivity contribution < 1.29 is 22.7 Å². The first-order valence-electron chi connectivity index (χ1n) is 7.79. The quantitative estimate of drug-likeness (QED) is 0.868. The lowest BCUT2D eigenvalue weighted by Crippen LogP contribution is -2.39. The number of benzene rings is 2. The van der Waals surface area contributed by atoms with Crippen LogP contribution in [0.2, 0.25) is 0 Å². The Labute approximate surface area is 144 Å². The van der Waals surface area contributed by atoms with E-state index in [1.54, 1.807) is 12.1 Å². The van der Waals surface area contributed by atoms with Gasteiger partial charge in [0.2, 0.25) is 0 Å². The molecular weight excluding hydrogens is 331 g/mol. The molecule has 134 valence electrons. The highest BCUT2D eigenvalue weighted by Gasteiger charge is 2.28. The van der Waals surface area contributed by atoms with Crippen LogP contribution in [0, 0.1) is 22.9 Å². The summed E-state index contributed by atoms with van der Waals surface area (Å²) in [6.07, 6.45) is 0. The summed E-state index contributed by atoms with van der Waals surface area (Å²) < 4.78 is 44.6. The van der Waals surface area contributed by atoms with Gasteiger partial charge in [0, 0.05) is 6.07 Å². The van der Waals surface area contributed by atoms with Gasteiger partial charge in [0.15, 0.2) is 18.2 Å². The van der Waals surface area contributed by atoms with Gasteiger partial charge in [-0.25, -0.2) is 13.2 Å². The van der Waals surface area contributed by atoms with Gasteiger partial charge in [-0.3, -0.25) is 4.79 Å². The van der Waals surface area contributed by atoms with E-state index in [0.717, 1.165) is 17.7 Å². The van der Waals surface area contributed by atoms with Crippen molar-refractivity contribution in [1.82, 2.24) is 5.32 Å². The minimum Gasteiger partial charge on any atom is -0.481 e. The molecule has 0 fully saturated rings. The molecule has 0 saturated carbocycles. The second-order valence-corrected chi connectivity index (χ2v) is 6.78. The maximum atomic E-state index is 13.5. The van der Waals surface area contributed by atoms with Crippen LogP contribution in [0.3, 0.4) is 0 Å². The molecule has 1 atom stereocenters. The number of carbonyl (C=O) groups is 1. The maximum absolute atomic E-state index is 13.5. The number of ether oxygens (including phenoxy) is 1. The van der Waals surface area contributed by atoms with Crippen LogP contribution >= 0.6 is 0 Å². The Kier molecular flexibility index (Phi) is 5.72. The highest BCUT2D eigenvalue weighted by atomic mass is 19.1. The molecule has 0 aliphatic heterocycles. The van der Waals surface area contributed by atoms with E-state index < -0.39 is 24.1 Å². The highest BCUT2D eigenvalue weighted by molar-refractivity contribution is 5.78. The Hall–Kier alpha value is -2.50. The summed E-state index contributed by atoms with van der Waals surface area (Å²) in [7, 11) is 0. The fourth-order valence-corrected chi connectivity index (χ4v) is 2.39. The third-order valence-corrected chi connectivity index (χ3v) is 3.63. The predicted octanol–water partition coefficient (Wildman–Crippen LogP) is 4.39. The maximum Gasteiger partial charge on any atom is 0.258 e. The molecule has 3 nitrogen and oxygen atoms in total. The van der Waals surface area contributed by atoms with Gasteiger partial charge in [0.1, 0.15) is 11.6 Å². The van der Waals surface area contributed by atoms with E-state index in [1.165, 1.54) is 12.1 Å². The fourth-order valence-electron chi connectivity index (χ4n) is 2.39. The van der Waals surface area contributed by atoms with Gasteiger partial charge in [-0.15, -0.1) is 0 Å². The summed E-state index contributed by atoms with van der Waals surface area (Å²) in [5.41, 5.74) is 0.407. The Morgan fingerprint density at radius 1 is 1.04 bits per heavy atom. The van der Waals surface area contributed by atoms with Crippen LogP contribution in [0.25, 0.3) is 0 Å². The first kappa shape index (κ1) is 18.8. The Morgan fingerprint density at radius 2 is 1.64 bits per heavy atom. The molecule has 0 spiro atoms. The van der Waals surface area contributed by atoms with Gasteiger partial charge < -0.3 is 10.1 Å². The fraction of sp³-hybridized carbons (Fsp3) is 0.316. The van der Waals surface area contributed by atoms with E-state index in [2.05, 4.69) is 5.32 Å². The minimum absolute atomic E-state index is 0.203. The molecule has 2 aromatic carbocycles. The van der Waals surface area contributed by atoms with Gasteiger partial charge in [-0.2, -0.15) is 0 Å². The SMILES string of the molecule is CC(C)(C)C(NC(=O)COc1ccc(F)cc1F)c1ccc(F)cc1. The number of hydrogen-bond acceptors (Lipinski definition) is 2. The minimum atomic E-state index is -0.876. The number of halogens is 3. The van der Waals surface area contributed by atoms with Gasteiger partial charge in [0.25, 0.3) is 5.91 Å². The normalized spacial score (nSPS) is 12.6. The van der Waals surface area contributed by atoms with Crippen molar-refractivity contribution in [3.63, 3.8) is 0 Å². The molecule has 0 aliphatic rings. The molecule has 2 aromatic rings. The molecule has 0 heterocycles. The summed E-state index contributed by atoms with van der Waals surface area (Å²) in [6.45, 7) is 5.38. The third-order valence-electron chi connectivity index (χ3n) is 3.63. The Balaban J connectivity index is 2.05. The van der Waals surface area contributed by atoms with Gasteiger partial charge >= 0.3 is 0 Å². The zero-order valence-corrected chi connectivity index (χ0v) is 14.3. The number of rotatable bonds is 5. The molecule has 0 bridgehead atoms. The van der Waals surface area contributed by atoms with Crippen LogP contribution in [0.15, 0.2) is 42.5 Å². The molecule has 0 aliphatic carbocycles. The zero-order chi connectivity index (χ0) is 18.6. The van der Waals surface area contributed by atoms with Crippen molar-refractivity contribution in [1.29, 1.82) is 0 Å². The van der Waals surface area contributed by atoms with Gasteiger partial charge in [-0.05, 0) is 35.2 Å². The summed E-state index contributed by atoms with van der Waals surface area (Å²) >= 11 is 0. The first-order chi connectivity index (χ1) is 11.7. The zero-order valence-electron chi connectivity index (χ0n) is 14.3. The summed E-state index contributed by atoms with van der Waals surface area (Å²) in [5, 5.41) is 2.81. The first-order valence-corrected chi connectivity index (χ1v) is 7.79. The third kappa shape index (κ3) is 5.24. The molecule has 0 radical (unpaired) electrons. The van der Waals surface area contributed by atoms with Crippen LogP contribution in [0.1, 0.15) is 32.4 Å². The molecule has 6 heteroatoms. The lowest BCUT2D eigenvalue weighted by Gasteiger charge is -2.32. The van der Waals surface area contributed by atoms with Crippen LogP contribution in [0.4, 0.5) is 13.2 Å². The van der Waals surface area contributed by atoms with Gasteiger partial charge in [0.05, 0.1) is 6.04 Å². The number of carbonyl (C=O) groups excluding carboxylic acids is 1. The molecule has 2 rings (SSSR count). The van der Waals surface area contributed by atoms with Crippen molar-refractivity contribution in [2.45, 2.75) is 26.8 Å². The monoisotopic (exact) mass is 351 g/mol. The predicted molar refractivity (Wildman–Crippen MR) is 88.6 cm³/mol. The van der Waals surface area contributed by atoms with E-state index in [9.17, 15) is 18.0 Å². The van der Waals surface area contributed by atoms with E-state index in [-0.39, 0.29) is 23.0 Å². The van der Waals surface area contributed by atoms with Crippen LogP contribution < -0.4 is 10.1 Å². The molecule has 1 unspecified atom stereocenters. The molecule has 1 N–H and O–H groups in total. The van der Waals surface area contributed by atoms with E-state index >= 15 is 0 Å². The van der Waals surface area contributed by atoms with Crippen molar-refractivity contribution in [3.05, 3.63) is 65.5 Å². The van der Waals surface area contributed by atoms with Crippen molar-refractivity contribution >= 4 is 5.91 Å². The molecule has 1 amide bonds. The average molecular weight is 351 g/mol. The number of nitrogens with one attached hydrogen (secondary N) is 1. The number of hydrogen-bond donors (Lipinski definition) is 1. The molecular formula is C19H20F3NO2. The largest absolute Gasteiger partial charge is 0.481 e. The smallest absolute Gasteiger partial charge is 0.258 e. The molecule has 0 aromatic heterocycles. The lowest BCUT2D eigenvalue weighted by molar-refractivity contribution is -0.124. The summed E-state index contributed by atoms with van der Waals surface area (Å²) in [6, 6.07) is 8.32. The van der Waals surface area contributed by atoms with Crippen LogP contribution in [0.5, 0.6) is 5.75 Å². The lowest BCUT2D eigenvalue weighted by atomic mass is 9.82. The topological polar surface area (TPSA) is 38.3 Å². The molecule has 0 saturated heterocycles. The van der Waals surface area contributed by atoms with Crippen molar-refractivity contribution in [3.8, 4) is 5.75 Å². The number of amides is 1. The van der Waals surface area contributed by atoms with E-state index in [0.29, 0.717) is 6.07 Å². The van der Waals surface area contributed by atoms with Crippen molar-refractivity contribution in [2.24, 2.45) is 5.41 Å². The Morgan fingerprint density at radius 3 is 2.20 bits per heavy atom.